The molecule has 0 bridgehead atoms. The summed E-state index contributed by atoms with van der Waals surface area (Å²) in [5.74, 6) is -0.529. The summed E-state index contributed by atoms with van der Waals surface area (Å²) in [5.41, 5.74) is 11.9. The van der Waals surface area contributed by atoms with Gasteiger partial charge in [-0.15, -0.1) is 0 Å². The van der Waals surface area contributed by atoms with E-state index >= 15 is 0 Å². The van der Waals surface area contributed by atoms with Gasteiger partial charge in [-0.05, 0) is 47.9 Å². The van der Waals surface area contributed by atoms with Crippen LogP contribution in [0.15, 0.2) is 72.9 Å². The molecule has 0 spiro atoms. The fourth-order valence-corrected chi connectivity index (χ4v) is 3.85. The quantitative estimate of drug-likeness (QED) is 0.403. The van der Waals surface area contributed by atoms with E-state index in [0.717, 1.165) is 27.9 Å². The Morgan fingerprint density at radius 1 is 1.07 bits per heavy atom. The SMILES string of the molecule is COC(=O)c1cc(C(O)c2c(C)c(-c3ccccc3)c3ccccn23)ccc1N. The number of hydrogen-bond donors (Lipinski definition) is 2. The fourth-order valence-electron chi connectivity index (χ4n) is 3.85. The number of fused-ring (bicyclic) bond motifs is 1. The molecule has 4 aromatic rings. The Morgan fingerprint density at radius 2 is 1.79 bits per heavy atom. The summed E-state index contributed by atoms with van der Waals surface area (Å²) >= 11 is 0. The number of ether oxygens (including phenoxy) is 1. The number of benzene rings is 2. The van der Waals surface area contributed by atoms with Gasteiger partial charge in [-0.2, -0.15) is 0 Å². The molecule has 0 aliphatic rings. The third kappa shape index (κ3) is 3.15. The van der Waals surface area contributed by atoms with Crippen molar-refractivity contribution in [2.24, 2.45) is 0 Å². The highest BCUT2D eigenvalue weighted by Gasteiger charge is 2.24. The van der Waals surface area contributed by atoms with E-state index in [1.807, 2.05) is 53.9 Å². The van der Waals surface area contributed by atoms with E-state index in [0.29, 0.717) is 11.3 Å². The molecule has 1 atom stereocenters. The maximum Gasteiger partial charge on any atom is 0.339 e. The topological polar surface area (TPSA) is 77.0 Å². The number of hydrogen-bond acceptors (Lipinski definition) is 4. The number of nitrogens with zero attached hydrogens (tertiary/aromatic N) is 1. The van der Waals surface area contributed by atoms with Crippen molar-refractivity contribution in [3.8, 4) is 11.1 Å². The van der Waals surface area contributed by atoms with Crippen LogP contribution in [0.1, 0.15) is 33.3 Å². The summed E-state index contributed by atoms with van der Waals surface area (Å²) in [6.07, 6.45) is 0.998. The van der Waals surface area contributed by atoms with Crippen LogP contribution in [0.3, 0.4) is 0 Å². The van der Waals surface area contributed by atoms with Crippen molar-refractivity contribution in [1.82, 2.24) is 4.40 Å². The molecule has 3 N–H and O–H groups in total. The lowest BCUT2D eigenvalue weighted by Gasteiger charge is -2.15. The molecule has 0 amide bonds. The molecule has 2 aromatic heterocycles. The lowest BCUT2D eigenvalue weighted by Crippen LogP contribution is -2.10. The molecule has 0 saturated heterocycles. The van der Waals surface area contributed by atoms with E-state index in [1.54, 1.807) is 18.2 Å². The van der Waals surface area contributed by atoms with Gasteiger partial charge in [0.15, 0.2) is 0 Å². The Balaban J connectivity index is 1.91. The first-order valence-electron chi connectivity index (χ1n) is 9.33. The number of aromatic nitrogens is 1. The minimum atomic E-state index is -0.939. The number of carbonyl (C=O) groups is 1. The number of carbonyl (C=O) groups excluding carboxylic acids is 1. The number of aliphatic hydroxyl groups excluding tert-OH is 1. The van der Waals surface area contributed by atoms with Gasteiger partial charge in [0.2, 0.25) is 0 Å². The van der Waals surface area contributed by atoms with Gasteiger partial charge < -0.3 is 20.0 Å². The number of aliphatic hydroxyl groups is 1. The second-order valence-electron chi connectivity index (χ2n) is 6.95. The molecular formula is C24H22N2O3. The molecule has 0 fully saturated rings. The van der Waals surface area contributed by atoms with Crippen molar-refractivity contribution in [3.05, 3.63) is 95.3 Å². The van der Waals surface area contributed by atoms with E-state index in [9.17, 15) is 9.90 Å². The minimum Gasteiger partial charge on any atom is -0.465 e. The Labute approximate surface area is 169 Å². The lowest BCUT2D eigenvalue weighted by atomic mass is 9.97. The first kappa shape index (κ1) is 18.8. The van der Waals surface area contributed by atoms with Crippen molar-refractivity contribution >= 4 is 17.2 Å². The molecule has 5 nitrogen and oxygen atoms in total. The van der Waals surface area contributed by atoms with Crippen LogP contribution in [0.25, 0.3) is 16.6 Å². The van der Waals surface area contributed by atoms with Crippen LogP contribution in [0, 0.1) is 6.92 Å². The summed E-state index contributed by atoms with van der Waals surface area (Å²) in [4.78, 5) is 12.0. The molecule has 0 radical (unpaired) electrons. The molecule has 4 rings (SSSR count). The Kier molecular flexibility index (Phi) is 4.82. The van der Waals surface area contributed by atoms with Crippen molar-refractivity contribution in [1.29, 1.82) is 0 Å². The van der Waals surface area contributed by atoms with Crippen LogP contribution in [0.5, 0.6) is 0 Å². The third-order valence-corrected chi connectivity index (χ3v) is 5.25. The van der Waals surface area contributed by atoms with Gasteiger partial charge in [0, 0.05) is 17.4 Å². The maximum atomic E-state index is 12.0. The molecule has 146 valence electrons. The largest absolute Gasteiger partial charge is 0.465 e. The minimum absolute atomic E-state index is 0.242. The molecule has 2 aromatic carbocycles. The van der Waals surface area contributed by atoms with Crippen LogP contribution in [-0.2, 0) is 4.74 Å². The number of anilines is 1. The van der Waals surface area contributed by atoms with Crippen molar-refractivity contribution in [2.75, 3.05) is 12.8 Å². The molecule has 5 heteroatoms. The maximum absolute atomic E-state index is 12.0. The van der Waals surface area contributed by atoms with Gasteiger partial charge in [-0.1, -0.05) is 42.5 Å². The zero-order chi connectivity index (χ0) is 20.5. The molecule has 29 heavy (non-hydrogen) atoms. The number of rotatable bonds is 4. The first-order valence-corrected chi connectivity index (χ1v) is 9.33. The summed E-state index contributed by atoms with van der Waals surface area (Å²) < 4.78 is 6.80. The second kappa shape index (κ2) is 7.45. The summed E-state index contributed by atoms with van der Waals surface area (Å²) in [6.45, 7) is 2.01. The van der Waals surface area contributed by atoms with Crippen molar-refractivity contribution < 1.29 is 14.6 Å². The fraction of sp³-hybridized carbons (Fsp3) is 0.125. The average Bonchev–Trinajstić information content (AvgIpc) is 3.05. The van der Waals surface area contributed by atoms with Crippen molar-refractivity contribution in [3.63, 3.8) is 0 Å². The lowest BCUT2D eigenvalue weighted by molar-refractivity contribution is 0.0601. The van der Waals surface area contributed by atoms with Crippen LogP contribution < -0.4 is 5.73 Å². The van der Waals surface area contributed by atoms with E-state index in [1.165, 1.54) is 7.11 Å². The molecule has 1 unspecified atom stereocenters. The van der Waals surface area contributed by atoms with Gasteiger partial charge >= 0.3 is 5.97 Å². The van der Waals surface area contributed by atoms with Gasteiger partial charge in [-0.3, -0.25) is 0 Å². The average molecular weight is 386 g/mol. The number of pyridine rings is 1. The van der Waals surface area contributed by atoms with Gasteiger partial charge in [-0.25, -0.2) is 4.79 Å². The van der Waals surface area contributed by atoms with Gasteiger partial charge in [0.1, 0.15) is 6.10 Å². The van der Waals surface area contributed by atoms with Gasteiger partial charge in [0.25, 0.3) is 0 Å². The highest BCUT2D eigenvalue weighted by Crippen LogP contribution is 2.37. The van der Waals surface area contributed by atoms with E-state index in [4.69, 9.17) is 10.5 Å². The smallest absolute Gasteiger partial charge is 0.339 e. The van der Waals surface area contributed by atoms with E-state index in [-0.39, 0.29) is 5.56 Å². The summed E-state index contributed by atoms with van der Waals surface area (Å²) in [6, 6.07) is 21.0. The molecule has 0 aliphatic heterocycles. The normalized spacial score (nSPS) is 12.1. The van der Waals surface area contributed by atoms with Crippen LogP contribution in [-0.4, -0.2) is 22.6 Å². The highest BCUT2D eigenvalue weighted by atomic mass is 16.5. The first-order chi connectivity index (χ1) is 14.0. The predicted octanol–water partition coefficient (Wildman–Crippen LogP) is 4.37. The number of nitrogen functional groups attached to an aromatic ring is 1. The van der Waals surface area contributed by atoms with E-state index in [2.05, 4.69) is 12.1 Å². The molecule has 0 saturated carbocycles. The molecule has 2 heterocycles. The van der Waals surface area contributed by atoms with Crippen molar-refractivity contribution in [2.45, 2.75) is 13.0 Å². The van der Waals surface area contributed by atoms with Crippen LogP contribution in [0.2, 0.25) is 0 Å². The third-order valence-electron chi connectivity index (χ3n) is 5.25. The number of nitrogens with two attached hydrogens (primary N) is 1. The molecule has 0 aliphatic carbocycles. The monoisotopic (exact) mass is 386 g/mol. The Morgan fingerprint density at radius 3 is 2.52 bits per heavy atom. The van der Waals surface area contributed by atoms with Gasteiger partial charge in [0.05, 0.1) is 23.9 Å². The summed E-state index contributed by atoms with van der Waals surface area (Å²) in [7, 11) is 1.31. The molecular weight excluding hydrogens is 364 g/mol. The van der Waals surface area contributed by atoms with Crippen LogP contribution >= 0.6 is 0 Å². The zero-order valence-corrected chi connectivity index (χ0v) is 16.3. The predicted molar refractivity (Wildman–Crippen MR) is 114 cm³/mol. The Bertz CT molecular complexity index is 1200. The summed E-state index contributed by atoms with van der Waals surface area (Å²) in [5, 5.41) is 11.3. The Hall–Kier alpha value is -3.57. The zero-order valence-electron chi connectivity index (χ0n) is 16.3. The second-order valence-corrected chi connectivity index (χ2v) is 6.95. The van der Waals surface area contributed by atoms with Crippen LogP contribution in [0.4, 0.5) is 5.69 Å². The highest BCUT2D eigenvalue weighted by molar-refractivity contribution is 5.95. The number of esters is 1. The standard InChI is InChI=1S/C24H22N2O3/c1-15-21(16-8-4-3-5-9-16)20-10-6-7-13-26(20)22(15)23(27)17-11-12-19(25)18(14-17)24(28)29-2/h3-14,23,27H,25H2,1-2H3. The number of methoxy groups -OCH3 is 1. The van der Waals surface area contributed by atoms with E-state index < -0.39 is 12.1 Å².